The first kappa shape index (κ1) is 23.5. The van der Waals surface area contributed by atoms with Crippen LogP contribution in [0.4, 0.5) is 18.9 Å². The number of hydrogen-bond donors (Lipinski definition) is 1. The lowest BCUT2D eigenvalue weighted by atomic mass is 10.1. The minimum atomic E-state index is -4.50. The Labute approximate surface area is 211 Å². The van der Waals surface area contributed by atoms with Crippen LogP contribution in [0.3, 0.4) is 0 Å². The number of methoxy groups -OCH3 is 1. The molecule has 4 heterocycles. The number of halogens is 3. The standard InChI is InChI=1S/C26H25F3N6O2/c1-34-14-22(26(27,28)29)31-24(34)16-5-3-15(4-6-16)23-32-25(37-33-23)20-10-9-19(36-2)11-21(20)35-12-17-7-8-18(13-35)30-17/h3-6,9-11,14,17-18,30H,7-8,12-13H2,1-2H3. The van der Waals surface area contributed by atoms with Crippen LogP contribution in [-0.2, 0) is 13.2 Å². The fourth-order valence-corrected chi connectivity index (χ4v) is 5.16. The van der Waals surface area contributed by atoms with E-state index in [4.69, 9.17) is 9.26 Å². The summed E-state index contributed by atoms with van der Waals surface area (Å²) in [6.07, 6.45) is -1.19. The summed E-state index contributed by atoms with van der Waals surface area (Å²) in [5, 5.41) is 7.82. The number of ether oxygens (including phenoxy) is 1. The number of alkyl halides is 3. The van der Waals surface area contributed by atoms with Crippen molar-refractivity contribution in [3.8, 4) is 40.0 Å². The third-order valence-electron chi connectivity index (χ3n) is 6.99. The molecule has 2 saturated heterocycles. The Bertz CT molecular complexity index is 1420. The van der Waals surface area contributed by atoms with Crippen molar-refractivity contribution in [1.29, 1.82) is 0 Å². The Morgan fingerprint density at radius 2 is 1.70 bits per heavy atom. The van der Waals surface area contributed by atoms with Crippen LogP contribution in [0.15, 0.2) is 53.2 Å². The third kappa shape index (κ3) is 4.43. The molecule has 11 heteroatoms. The van der Waals surface area contributed by atoms with Crippen molar-refractivity contribution in [3.05, 3.63) is 54.4 Å². The van der Waals surface area contributed by atoms with Gasteiger partial charge in [0.2, 0.25) is 5.82 Å². The maximum atomic E-state index is 13.0. The van der Waals surface area contributed by atoms with Crippen molar-refractivity contribution in [2.24, 2.45) is 7.05 Å². The molecular formula is C26H25F3N6O2. The monoisotopic (exact) mass is 510 g/mol. The van der Waals surface area contributed by atoms with Crippen molar-refractivity contribution in [2.45, 2.75) is 31.1 Å². The highest BCUT2D eigenvalue weighted by Crippen LogP contribution is 2.37. The quantitative estimate of drug-likeness (QED) is 0.414. The zero-order valence-corrected chi connectivity index (χ0v) is 20.3. The molecule has 8 nitrogen and oxygen atoms in total. The molecule has 4 aromatic rings. The van der Waals surface area contributed by atoms with Crippen LogP contribution in [0.25, 0.3) is 34.2 Å². The molecular weight excluding hydrogens is 485 g/mol. The van der Waals surface area contributed by atoms with E-state index in [9.17, 15) is 13.2 Å². The molecule has 0 amide bonds. The highest BCUT2D eigenvalue weighted by Gasteiger charge is 2.35. The molecule has 2 unspecified atom stereocenters. The lowest BCUT2D eigenvalue weighted by molar-refractivity contribution is -0.140. The zero-order valence-electron chi connectivity index (χ0n) is 20.3. The van der Waals surface area contributed by atoms with E-state index in [-0.39, 0.29) is 5.82 Å². The molecule has 2 atom stereocenters. The van der Waals surface area contributed by atoms with Crippen LogP contribution in [0, 0.1) is 0 Å². The van der Waals surface area contributed by atoms with Crippen LogP contribution < -0.4 is 15.0 Å². The van der Waals surface area contributed by atoms with Gasteiger partial charge in [0.25, 0.3) is 5.89 Å². The lowest BCUT2D eigenvalue weighted by Crippen LogP contribution is -2.51. The maximum absolute atomic E-state index is 13.0. The normalized spacial score (nSPS) is 19.4. The molecule has 0 spiro atoms. The summed E-state index contributed by atoms with van der Waals surface area (Å²) in [6, 6.07) is 13.6. The number of nitrogens with one attached hydrogen (secondary N) is 1. The summed E-state index contributed by atoms with van der Waals surface area (Å²) < 4.78 is 51.6. The van der Waals surface area contributed by atoms with E-state index in [1.807, 2.05) is 18.2 Å². The molecule has 37 heavy (non-hydrogen) atoms. The van der Waals surface area contributed by atoms with Crippen molar-refractivity contribution >= 4 is 5.69 Å². The molecule has 192 valence electrons. The highest BCUT2D eigenvalue weighted by atomic mass is 19.4. The van der Waals surface area contributed by atoms with E-state index < -0.39 is 11.9 Å². The number of hydrogen-bond acceptors (Lipinski definition) is 7. The van der Waals surface area contributed by atoms with Gasteiger partial charge in [-0.1, -0.05) is 29.4 Å². The molecule has 2 fully saturated rings. The molecule has 0 saturated carbocycles. The first-order chi connectivity index (χ1) is 17.8. The van der Waals surface area contributed by atoms with Gasteiger partial charge in [0.1, 0.15) is 11.6 Å². The van der Waals surface area contributed by atoms with E-state index in [0.717, 1.165) is 49.1 Å². The number of benzene rings is 2. The summed E-state index contributed by atoms with van der Waals surface area (Å²) in [5.41, 5.74) is 2.11. The summed E-state index contributed by atoms with van der Waals surface area (Å²) in [4.78, 5) is 10.7. The van der Waals surface area contributed by atoms with Gasteiger partial charge in [-0.3, -0.25) is 0 Å². The summed E-state index contributed by atoms with van der Waals surface area (Å²) in [7, 11) is 3.18. The summed E-state index contributed by atoms with van der Waals surface area (Å²) in [5.74, 6) is 1.75. The third-order valence-corrected chi connectivity index (χ3v) is 6.99. The number of fused-ring (bicyclic) bond motifs is 2. The fourth-order valence-electron chi connectivity index (χ4n) is 5.16. The molecule has 2 aromatic heterocycles. The average molecular weight is 511 g/mol. The van der Waals surface area contributed by atoms with E-state index in [1.54, 1.807) is 31.4 Å². The van der Waals surface area contributed by atoms with Crippen LogP contribution in [-0.4, -0.2) is 52.0 Å². The molecule has 2 bridgehead atoms. The van der Waals surface area contributed by atoms with E-state index in [1.165, 1.54) is 11.6 Å². The van der Waals surface area contributed by atoms with Gasteiger partial charge in [-0.25, -0.2) is 4.98 Å². The topological polar surface area (TPSA) is 81.2 Å². The minimum absolute atomic E-state index is 0.223. The van der Waals surface area contributed by atoms with Gasteiger partial charge in [-0.05, 0) is 25.0 Å². The largest absolute Gasteiger partial charge is 0.497 e. The van der Waals surface area contributed by atoms with Gasteiger partial charge in [0.15, 0.2) is 5.69 Å². The highest BCUT2D eigenvalue weighted by molar-refractivity contribution is 5.76. The van der Waals surface area contributed by atoms with Gasteiger partial charge in [0, 0.05) is 55.6 Å². The summed E-state index contributed by atoms with van der Waals surface area (Å²) >= 11 is 0. The number of rotatable bonds is 5. The van der Waals surface area contributed by atoms with Crippen molar-refractivity contribution < 1.29 is 22.4 Å². The number of aromatic nitrogens is 4. The predicted octanol–water partition coefficient (Wildman–Crippen LogP) is 4.77. The van der Waals surface area contributed by atoms with Crippen LogP contribution >= 0.6 is 0 Å². The number of imidazole rings is 1. The Balaban J connectivity index is 1.29. The minimum Gasteiger partial charge on any atom is -0.497 e. The van der Waals surface area contributed by atoms with Crippen molar-refractivity contribution in [1.82, 2.24) is 25.0 Å². The molecule has 6 rings (SSSR count). The van der Waals surface area contributed by atoms with Crippen molar-refractivity contribution in [3.63, 3.8) is 0 Å². The number of anilines is 1. The smallest absolute Gasteiger partial charge is 0.434 e. The first-order valence-electron chi connectivity index (χ1n) is 12.0. The van der Waals surface area contributed by atoms with Gasteiger partial charge in [0.05, 0.1) is 18.4 Å². The second-order valence-corrected chi connectivity index (χ2v) is 9.48. The molecule has 2 aliphatic heterocycles. The first-order valence-corrected chi connectivity index (χ1v) is 12.0. The molecule has 0 radical (unpaired) electrons. The summed E-state index contributed by atoms with van der Waals surface area (Å²) in [6.45, 7) is 1.78. The Kier molecular flexibility index (Phi) is 5.67. The Hall–Kier alpha value is -3.86. The molecule has 1 N–H and O–H groups in total. The van der Waals surface area contributed by atoms with E-state index in [2.05, 4.69) is 25.3 Å². The zero-order chi connectivity index (χ0) is 25.7. The number of piperazine rings is 1. The predicted molar refractivity (Wildman–Crippen MR) is 131 cm³/mol. The molecule has 2 aliphatic rings. The second kappa shape index (κ2) is 8.91. The van der Waals surface area contributed by atoms with Crippen LogP contribution in [0.5, 0.6) is 5.75 Å². The fraction of sp³-hybridized carbons (Fsp3) is 0.346. The number of nitrogens with zero attached hydrogens (tertiary/aromatic N) is 5. The Morgan fingerprint density at radius 3 is 2.35 bits per heavy atom. The Morgan fingerprint density at radius 1 is 1.00 bits per heavy atom. The molecule has 0 aliphatic carbocycles. The lowest BCUT2D eigenvalue weighted by Gasteiger charge is -2.35. The van der Waals surface area contributed by atoms with Crippen molar-refractivity contribution in [2.75, 3.05) is 25.1 Å². The second-order valence-electron chi connectivity index (χ2n) is 9.48. The SMILES string of the molecule is COc1ccc(-c2nc(-c3ccc(-c4nc(C(F)(F)F)cn4C)cc3)no2)c(N2CC3CCC(C2)N3)c1. The van der Waals surface area contributed by atoms with Crippen LogP contribution in [0.1, 0.15) is 18.5 Å². The number of aryl methyl sites for hydroxylation is 1. The van der Waals surface area contributed by atoms with E-state index >= 15 is 0 Å². The maximum Gasteiger partial charge on any atom is 0.434 e. The van der Waals surface area contributed by atoms with Gasteiger partial charge in [-0.15, -0.1) is 0 Å². The van der Waals surface area contributed by atoms with Gasteiger partial charge in [-0.2, -0.15) is 18.2 Å². The average Bonchev–Trinajstić information content (AvgIpc) is 3.62. The molecule has 2 aromatic carbocycles. The van der Waals surface area contributed by atoms with Crippen LogP contribution in [0.2, 0.25) is 0 Å². The van der Waals surface area contributed by atoms with Gasteiger partial charge >= 0.3 is 6.18 Å². The van der Waals surface area contributed by atoms with Gasteiger partial charge < -0.3 is 24.0 Å². The van der Waals surface area contributed by atoms with E-state index in [0.29, 0.717) is 34.9 Å².